The Hall–Kier alpha value is -1.25. The van der Waals surface area contributed by atoms with E-state index in [9.17, 15) is 19.0 Å². The van der Waals surface area contributed by atoms with E-state index in [1.165, 1.54) is 89.9 Å². The molecular weight excluding hydrogens is 629 g/mol. The maximum absolute atomic E-state index is 12.6. The van der Waals surface area contributed by atoms with E-state index in [1.54, 1.807) is 0 Å². The van der Waals surface area contributed by atoms with Gasteiger partial charge in [-0.2, -0.15) is 0 Å². The summed E-state index contributed by atoms with van der Waals surface area (Å²) in [5.74, 6) is -0.839. The molecule has 0 spiro atoms. The van der Waals surface area contributed by atoms with Crippen LogP contribution in [0.25, 0.3) is 0 Å². The summed E-state index contributed by atoms with van der Waals surface area (Å²) < 4.78 is 33.7. The molecule has 0 aromatic heterocycles. The third kappa shape index (κ3) is 34.6. The predicted octanol–water partition coefficient (Wildman–Crippen LogP) is 9.61. The van der Waals surface area contributed by atoms with Crippen LogP contribution in [0.5, 0.6) is 0 Å². The third-order valence-corrected chi connectivity index (χ3v) is 9.25. The maximum atomic E-state index is 12.6. The summed E-state index contributed by atoms with van der Waals surface area (Å²) in [5, 5.41) is 0. The van der Waals surface area contributed by atoms with E-state index in [2.05, 4.69) is 26.0 Å². The van der Waals surface area contributed by atoms with Gasteiger partial charge in [-0.05, 0) is 38.5 Å². The first-order chi connectivity index (χ1) is 23.0. The van der Waals surface area contributed by atoms with Crippen LogP contribution in [0, 0.1) is 0 Å². The van der Waals surface area contributed by atoms with Crippen molar-refractivity contribution in [3.8, 4) is 0 Å². The number of unbranched alkanes of at least 4 members (excludes halogenated alkanes) is 19. The Morgan fingerprint density at radius 1 is 0.625 bits per heavy atom. The lowest BCUT2D eigenvalue weighted by Gasteiger charge is -2.28. The largest absolute Gasteiger partial charge is 0.756 e. The van der Waals surface area contributed by atoms with Gasteiger partial charge in [0.2, 0.25) is 0 Å². The molecule has 0 aliphatic rings. The van der Waals surface area contributed by atoms with Gasteiger partial charge in [-0.25, -0.2) is 0 Å². The standard InChI is InChI=1S/C38H74NO8P/c1-6-8-10-12-14-16-17-18-19-20-21-23-25-27-29-31-38(41)47-36(35-46-48(42,43)45-33-32-39(3,4)5)34-44-37(40)30-28-26-24-22-15-13-11-9-7-2/h16-17,36H,6-15,18-35H2,1-5H3/b17-16+/t36-/m1/s1. The minimum Gasteiger partial charge on any atom is -0.756 e. The number of ether oxygens (including phenoxy) is 2. The molecule has 0 N–H and O–H groups in total. The van der Waals surface area contributed by atoms with Crippen LogP contribution in [0.1, 0.15) is 168 Å². The van der Waals surface area contributed by atoms with Crippen molar-refractivity contribution in [2.45, 2.75) is 174 Å². The molecule has 0 amide bonds. The van der Waals surface area contributed by atoms with Crippen molar-refractivity contribution in [1.82, 2.24) is 0 Å². The first-order valence-corrected chi connectivity index (χ1v) is 20.9. The molecule has 0 aliphatic carbocycles. The highest BCUT2D eigenvalue weighted by molar-refractivity contribution is 7.45. The van der Waals surface area contributed by atoms with Crippen molar-refractivity contribution in [3.63, 3.8) is 0 Å². The zero-order valence-electron chi connectivity index (χ0n) is 31.7. The lowest BCUT2D eigenvalue weighted by atomic mass is 10.1. The average molecular weight is 704 g/mol. The van der Waals surface area contributed by atoms with Crippen molar-refractivity contribution < 1.29 is 42.1 Å². The number of phosphoric ester groups is 1. The van der Waals surface area contributed by atoms with Crippen molar-refractivity contribution >= 4 is 19.8 Å². The van der Waals surface area contributed by atoms with E-state index in [1.807, 2.05) is 21.1 Å². The van der Waals surface area contributed by atoms with Crippen molar-refractivity contribution in [1.29, 1.82) is 0 Å². The fraction of sp³-hybridized carbons (Fsp3) is 0.895. The Labute approximate surface area is 295 Å². The zero-order valence-corrected chi connectivity index (χ0v) is 32.6. The van der Waals surface area contributed by atoms with Crippen molar-refractivity contribution in [3.05, 3.63) is 12.2 Å². The smallest absolute Gasteiger partial charge is 0.306 e. The monoisotopic (exact) mass is 704 g/mol. The first-order valence-electron chi connectivity index (χ1n) is 19.4. The minimum atomic E-state index is -4.61. The molecule has 284 valence electrons. The fourth-order valence-electron chi connectivity index (χ4n) is 5.18. The van der Waals surface area contributed by atoms with Gasteiger partial charge in [-0.3, -0.25) is 14.2 Å². The zero-order chi connectivity index (χ0) is 35.8. The van der Waals surface area contributed by atoms with Gasteiger partial charge in [0.05, 0.1) is 27.7 Å². The summed E-state index contributed by atoms with van der Waals surface area (Å²) in [6, 6.07) is 0. The summed E-state index contributed by atoms with van der Waals surface area (Å²) >= 11 is 0. The van der Waals surface area contributed by atoms with E-state index in [0.29, 0.717) is 17.4 Å². The van der Waals surface area contributed by atoms with Crippen molar-refractivity contribution in [2.24, 2.45) is 0 Å². The Bertz CT molecular complexity index is 845. The third-order valence-electron chi connectivity index (χ3n) is 8.29. The molecule has 0 bridgehead atoms. The van der Waals surface area contributed by atoms with E-state index in [-0.39, 0.29) is 32.0 Å². The van der Waals surface area contributed by atoms with Gasteiger partial charge in [0, 0.05) is 12.8 Å². The summed E-state index contributed by atoms with van der Waals surface area (Å²) in [5.41, 5.74) is 0. The van der Waals surface area contributed by atoms with Crippen LogP contribution in [0.2, 0.25) is 0 Å². The Kier molecular flexibility index (Phi) is 30.9. The number of nitrogens with zero attached hydrogens (tertiary/aromatic N) is 1. The molecule has 0 saturated heterocycles. The molecule has 0 rings (SSSR count). The maximum Gasteiger partial charge on any atom is 0.306 e. The summed E-state index contributed by atoms with van der Waals surface area (Å²) in [6.07, 6.45) is 29.5. The van der Waals surface area contributed by atoms with Crippen LogP contribution < -0.4 is 4.89 Å². The lowest BCUT2D eigenvalue weighted by Crippen LogP contribution is -2.37. The highest BCUT2D eigenvalue weighted by Crippen LogP contribution is 2.38. The number of rotatable bonds is 35. The van der Waals surface area contributed by atoms with Gasteiger partial charge < -0.3 is 27.9 Å². The number of allylic oxidation sites excluding steroid dienone is 2. The molecule has 0 heterocycles. The number of phosphoric acid groups is 1. The van der Waals surface area contributed by atoms with Gasteiger partial charge in [-0.1, -0.05) is 129 Å². The topological polar surface area (TPSA) is 111 Å². The van der Waals surface area contributed by atoms with Gasteiger partial charge in [-0.15, -0.1) is 0 Å². The van der Waals surface area contributed by atoms with Crippen LogP contribution in [0.4, 0.5) is 0 Å². The Balaban J connectivity index is 4.40. The van der Waals surface area contributed by atoms with Crippen LogP contribution >= 0.6 is 7.82 Å². The molecule has 9 nitrogen and oxygen atoms in total. The first kappa shape index (κ1) is 46.8. The molecule has 0 aliphatic heterocycles. The lowest BCUT2D eigenvalue weighted by molar-refractivity contribution is -0.870. The second-order valence-electron chi connectivity index (χ2n) is 14.3. The van der Waals surface area contributed by atoms with Crippen molar-refractivity contribution in [2.75, 3.05) is 47.5 Å². The molecule has 10 heteroatoms. The quantitative estimate of drug-likeness (QED) is 0.0211. The van der Waals surface area contributed by atoms with Crippen LogP contribution in [-0.4, -0.2) is 70.0 Å². The van der Waals surface area contributed by atoms with E-state index in [4.69, 9.17) is 18.5 Å². The number of carbonyl (C=O) groups excluding carboxylic acids is 2. The van der Waals surface area contributed by atoms with Crippen LogP contribution in [-0.2, 0) is 32.7 Å². The summed E-state index contributed by atoms with van der Waals surface area (Å²) in [7, 11) is 1.17. The summed E-state index contributed by atoms with van der Waals surface area (Å²) in [4.78, 5) is 37.2. The molecular formula is C38H74NO8P. The molecule has 0 saturated carbocycles. The highest BCUT2D eigenvalue weighted by Gasteiger charge is 2.21. The van der Waals surface area contributed by atoms with Gasteiger partial charge in [0.25, 0.3) is 7.82 Å². The van der Waals surface area contributed by atoms with Crippen LogP contribution in [0.15, 0.2) is 12.2 Å². The number of esters is 2. The number of quaternary nitrogens is 1. The summed E-state index contributed by atoms with van der Waals surface area (Å²) in [6.45, 7) is 4.18. The van der Waals surface area contributed by atoms with E-state index < -0.39 is 26.5 Å². The molecule has 0 radical (unpaired) electrons. The number of hydrogen-bond acceptors (Lipinski definition) is 8. The second-order valence-corrected chi connectivity index (χ2v) is 15.7. The average Bonchev–Trinajstić information content (AvgIpc) is 3.02. The molecule has 48 heavy (non-hydrogen) atoms. The fourth-order valence-corrected chi connectivity index (χ4v) is 5.91. The predicted molar refractivity (Wildman–Crippen MR) is 195 cm³/mol. The number of likely N-dealkylation sites (N-methyl/N-ethyl adjacent to an activating group) is 1. The Morgan fingerprint density at radius 2 is 1.06 bits per heavy atom. The van der Waals surface area contributed by atoms with Gasteiger partial charge in [0.1, 0.15) is 19.8 Å². The minimum absolute atomic E-state index is 0.0291. The SMILES string of the molecule is CCCCCC/C=C/CCCCCCCCCC(=O)O[C@H](COC(=O)CCCCCCCCCCC)COP(=O)([O-])OCC[N+](C)(C)C. The number of hydrogen-bond donors (Lipinski definition) is 0. The molecule has 0 aromatic rings. The molecule has 0 aromatic carbocycles. The molecule has 2 atom stereocenters. The van der Waals surface area contributed by atoms with Gasteiger partial charge >= 0.3 is 11.9 Å². The van der Waals surface area contributed by atoms with Gasteiger partial charge in [0.15, 0.2) is 6.10 Å². The Morgan fingerprint density at radius 3 is 1.56 bits per heavy atom. The van der Waals surface area contributed by atoms with Crippen LogP contribution in [0.3, 0.4) is 0 Å². The number of carbonyl (C=O) groups is 2. The molecule has 1 unspecified atom stereocenters. The highest BCUT2D eigenvalue weighted by atomic mass is 31.2. The molecule has 0 fully saturated rings. The van der Waals surface area contributed by atoms with E-state index >= 15 is 0 Å². The normalized spacial score (nSPS) is 13.9. The van der Waals surface area contributed by atoms with E-state index in [0.717, 1.165) is 44.9 Å². The second kappa shape index (κ2) is 31.7.